The zero-order valence-corrected chi connectivity index (χ0v) is 20.8. The zero-order chi connectivity index (χ0) is 23.3. The second-order valence-corrected chi connectivity index (χ2v) is 11.0. The van der Waals surface area contributed by atoms with Crippen LogP contribution in [0.5, 0.6) is 0 Å². The first-order chi connectivity index (χ1) is 15.2. The quantitative estimate of drug-likeness (QED) is 0.435. The highest BCUT2D eigenvalue weighted by atomic mass is 32.2. The summed E-state index contributed by atoms with van der Waals surface area (Å²) in [5.74, 6) is -0.440. The first-order valence-electron chi connectivity index (χ1n) is 10.9. The molecule has 1 aromatic heterocycles. The Bertz CT molecular complexity index is 1170. The number of carbonyl (C=O) groups excluding carboxylic acids is 1. The molecule has 0 atom stereocenters. The number of anilines is 1. The van der Waals surface area contributed by atoms with Crippen LogP contribution in [-0.4, -0.2) is 56.1 Å². The van der Waals surface area contributed by atoms with Gasteiger partial charge in [-0.15, -0.1) is 0 Å². The number of aromatic nitrogens is 1. The molecule has 6 nitrogen and oxygen atoms in total. The lowest BCUT2D eigenvalue weighted by Crippen LogP contribution is -2.39. The van der Waals surface area contributed by atoms with E-state index in [0.29, 0.717) is 18.2 Å². The largest absolute Gasteiger partial charge is 0.302 e. The lowest BCUT2D eigenvalue weighted by molar-refractivity contribution is -0.118. The van der Waals surface area contributed by atoms with E-state index in [1.807, 2.05) is 32.0 Å². The third kappa shape index (κ3) is 5.74. The topological polar surface area (TPSA) is 70.6 Å². The Labute approximate surface area is 194 Å². The van der Waals surface area contributed by atoms with Gasteiger partial charge in [0.15, 0.2) is 15.0 Å². The zero-order valence-electron chi connectivity index (χ0n) is 19.2. The third-order valence-corrected chi connectivity index (χ3v) is 8.42. The van der Waals surface area contributed by atoms with Gasteiger partial charge in [-0.2, -0.15) is 0 Å². The fourth-order valence-electron chi connectivity index (χ4n) is 3.52. The molecule has 172 valence electrons. The van der Waals surface area contributed by atoms with Gasteiger partial charge < -0.3 is 4.90 Å². The number of likely N-dealkylation sites (N-methyl/N-ethyl adjacent to an activating group) is 1. The maximum atomic E-state index is 13.2. The van der Waals surface area contributed by atoms with Crippen LogP contribution in [0.25, 0.3) is 10.2 Å². The number of amides is 1. The van der Waals surface area contributed by atoms with Gasteiger partial charge in [0.1, 0.15) is 0 Å². The van der Waals surface area contributed by atoms with Gasteiger partial charge in [-0.1, -0.05) is 55.0 Å². The first-order valence-corrected chi connectivity index (χ1v) is 13.4. The highest BCUT2D eigenvalue weighted by Gasteiger charge is 2.24. The van der Waals surface area contributed by atoms with Crippen LogP contribution in [0.15, 0.2) is 47.4 Å². The number of sulfone groups is 1. The molecule has 0 saturated heterocycles. The Morgan fingerprint density at radius 3 is 2.31 bits per heavy atom. The van der Waals surface area contributed by atoms with Gasteiger partial charge in [0.2, 0.25) is 5.91 Å². The van der Waals surface area contributed by atoms with Crippen molar-refractivity contribution in [1.29, 1.82) is 0 Å². The average Bonchev–Trinajstić information content (AvgIpc) is 3.21. The van der Waals surface area contributed by atoms with Crippen molar-refractivity contribution in [3.05, 3.63) is 53.6 Å². The molecule has 0 bridgehead atoms. The van der Waals surface area contributed by atoms with Crippen molar-refractivity contribution in [1.82, 2.24) is 9.88 Å². The van der Waals surface area contributed by atoms with Gasteiger partial charge in [0.25, 0.3) is 0 Å². The molecule has 32 heavy (non-hydrogen) atoms. The molecule has 8 heteroatoms. The number of hydrogen-bond acceptors (Lipinski definition) is 6. The Kier molecular flexibility index (Phi) is 8.03. The summed E-state index contributed by atoms with van der Waals surface area (Å²) in [7, 11) is -3.53. The van der Waals surface area contributed by atoms with Crippen LogP contribution in [-0.2, 0) is 14.6 Å². The number of carbonyl (C=O) groups is 1. The first kappa shape index (κ1) is 24.4. The van der Waals surface area contributed by atoms with E-state index >= 15 is 0 Å². The summed E-state index contributed by atoms with van der Waals surface area (Å²) in [5, 5.41) is 0.624. The van der Waals surface area contributed by atoms with Crippen molar-refractivity contribution in [2.24, 2.45) is 0 Å². The van der Waals surface area contributed by atoms with Crippen molar-refractivity contribution in [3.8, 4) is 0 Å². The molecule has 3 rings (SSSR count). The number of hydrogen-bond donors (Lipinski definition) is 0. The molecular weight excluding hydrogens is 442 g/mol. The predicted octanol–water partition coefficient (Wildman–Crippen LogP) is 4.45. The van der Waals surface area contributed by atoms with Crippen LogP contribution >= 0.6 is 11.3 Å². The van der Waals surface area contributed by atoms with Crippen LogP contribution in [0, 0.1) is 13.8 Å². The summed E-state index contributed by atoms with van der Waals surface area (Å²) in [5.41, 5.74) is 2.94. The highest BCUT2D eigenvalue weighted by molar-refractivity contribution is 7.91. The summed E-state index contributed by atoms with van der Waals surface area (Å²) in [6.07, 6.45) is -0.0800. The Hall–Kier alpha value is -2.29. The molecule has 0 radical (unpaired) electrons. The number of benzene rings is 2. The van der Waals surface area contributed by atoms with Crippen molar-refractivity contribution < 1.29 is 13.2 Å². The molecular formula is C24H31N3O3S2. The van der Waals surface area contributed by atoms with Crippen LogP contribution in [0.2, 0.25) is 0 Å². The standard InChI is InChI=1S/C24H31N3O3S2/c1-5-26(6-2)15-16-27(24-25-23-19(4)8-7-9-21(23)31-24)22(28)14-17-32(29,30)20-12-10-18(3)11-13-20/h7-13H,5-6,14-17H2,1-4H3. The van der Waals surface area contributed by atoms with E-state index < -0.39 is 9.84 Å². The molecule has 0 unspecified atom stereocenters. The van der Waals surface area contributed by atoms with Gasteiger partial charge in [0, 0.05) is 19.5 Å². The van der Waals surface area contributed by atoms with E-state index in [-0.39, 0.29) is 23.0 Å². The minimum atomic E-state index is -3.53. The molecule has 3 aromatic rings. The number of rotatable bonds is 10. The molecule has 0 aliphatic carbocycles. The normalized spacial score (nSPS) is 11.9. The number of nitrogens with zero attached hydrogens (tertiary/aromatic N) is 3. The van der Waals surface area contributed by atoms with Crippen LogP contribution in [0.3, 0.4) is 0 Å². The molecule has 1 amide bonds. The van der Waals surface area contributed by atoms with E-state index in [4.69, 9.17) is 4.98 Å². The number of fused-ring (bicyclic) bond motifs is 1. The lowest BCUT2D eigenvalue weighted by Gasteiger charge is -2.24. The second-order valence-electron chi connectivity index (χ2n) is 7.87. The molecule has 2 aromatic carbocycles. The molecule has 0 spiro atoms. The summed E-state index contributed by atoms with van der Waals surface area (Å²) < 4.78 is 26.5. The smallest absolute Gasteiger partial charge is 0.229 e. The van der Waals surface area contributed by atoms with Gasteiger partial charge in [-0.05, 0) is 50.7 Å². The average molecular weight is 474 g/mol. The Balaban J connectivity index is 1.82. The molecule has 0 fully saturated rings. The van der Waals surface area contributed by atoms with Crippen molar-refractivity contribution in [2.45, 2.75) is 39.0 Å². The lowest BCUT2D eigenvalue weighted by atomic mass is 10.2. The van der Waals surface area contributed by atoms with Gasteiger partial charge in [-0.3, -0.25) is 9.69 Å². The minimum absolute atomic E-state index is 0.0800. The van der Waals surface area contributed by atoms with E-state index in [9.17, 15) is 13.2 Å². The maximum Gasteiger partial charge on any atom is 0.229 e. The monoisotopic (exact) mass is 473 g/mol. The summed E-state index contributed by atoms with van der Waals surface area (Å²) in [6, 6.07) is 12.7. The van der Waals surface area contributed by atoms with Crippen LogP contribution in [0.1, 0.15) is 31.4 Å². The summed E-state index contributed by atoms with van der Waals surface area (Å²) in [4.78, 5) is 22.1. The van der Waals surface area contributed by atoms with E-state index in [2.05, 4.69) is 18.7 Å². The van der Waals surface area contributed by atoms with Crippen molar-refractivity contribution in [2.75, 3.05) is 36.8 Å². The van der Waals surface area contributed by atoms with E-state index in [1.54, 1.807) is 29.2 Å². The summed E-state index contributed by atoms with van der Waals surface area (Å²) >= 11 is 1.47. The number of para-hydroxylation sites is 1. The predicted molar refractivity (Wildman–Crippen MR) is 132 cm³/mol. The molecule has 0 aliphatic rings. The molecule has 0 N–H and O–H groups in total. The third-order valence-electron chi connectivity index (χ3n) is 5.64. The second kappa shape index (κ2) is 10.6. The maximum absolute atomic E-state index is 13.2. The van der Waals surface area contributed by atoms with E-state index in [1.165, 1.54) is 11.3 Å². The van der Waals surface area contributed by atoms with Gasteiger partial charge in [-0.25, -0.2) is 13.4 Å². The molecule has 0 saturated carbocycles. The summed E-state index contributed by atoms with van der Waals surface area (Å²) in [6.45, 7) is 11.0. The molecule has 0 aliphatic heterocycles. The van der Waals surface area contributed by atoms with Gasteiger partial charge >= 0.3 is 0 Å². The Morgan fingerprint density at radius 2 is 1.69 bits per heavy atom. The van der Waals surface area contributed by atoms with Crippen molar-refractivity contribution >= 4 is 42.4 Å². The Morgan fingerprint density at radius 1 is 1.00 bits per heavy atom. The fraction of sp³-hybridized carbons (Fsp3) is 0.417. The highest BCUT2D eigenvalue weighted by Crippen LogP contribution is 2.31. The van der Waals surface area contributed by atoms with Gasteiger partial charge in [0.05, 0.1) is 20.9 Å². The van der Waals surface area contributed by atoms with Crippen LogP contribution < -0.4 is 4.90 Å². The number of thiazole rings is 1. The van der Waals surface area contributed by atoms with Crippen molar-refractivity contribution in [3.63, 3.8) is 0 Å². The SMILES string of the molecule is CCN(CC)CCN(C(=O)CCS(=O)(=O)c1ccc(C)cc1)c1nc2c(C)cccc2s1. The minimum Gasteiger partial charge on any atom is -0.302 e. The fourth-order valence-corrected chi connectivity index (χ4v) is 5.83. The molecule has 1 heterocycles. The van der Waals surface area contributed by atoms with E-state index in [0.717, 1.165) is 34.4 Å². The number of aryl methyl sites for hydroxylation is 2. The van der Waals surface area contributed by atoms with Crippen LogP contribution in [0.4, 0.5) is 5.13 Å².